The Hall–Kier alpha value is -1.91. The van der Waals surface area contributed by atoms with Gasteiger partial charge in [-0.1, -0.05) is 0 Å². The first-order valence-corrected chi connectivity index (χ1v) is 5.46. The van der Waals surface area contributed by atoms with Gasteiger partial charge in [0.05, 0.1) is 12.7 Å². The fourth-order valence-corrected chi connectivity index (χ4v) is 1.23. The molecule has 0 radical (unpaired) electrons. The molecule has 0 spiro atoms. The lowest BCUT2D eigenvalue weighted by atomic mass is 10.3. The summed E-state index contributed by atoms with van der Waals surface area (Å²) in [7, 11) is 0. The molecule has 17 heavy (non-hydrogen) atoms. The van der Waals surface area contributed by atoms with Gasteiger partial charge in [0.1, 0.15) is 0 Å². The normalized spacial score (nSPS) is 10.1. The Bertz CT molecular complexity index is 390. The molecule has 0 aliphatic heterocycles. The maximum Gasteiger partial charge on any atom is 0.411 e. The number of nitrogens with one attached hydrogen (secondary N) is 1. The molecule has 0 aliphatic rings. The minimum absolute atomic E-state index is 0.0193. The van der Waals surface area contributed by atoms with E-state index in [1.54, 1.807) is 26.0 Å². The zero-order valence-corrected chi connectivity index (χ0v) is 10.2. The van der Waals surface area contributed by atoms with Gasteiger partial charge in [-0.3, -0.25) is 5.32 Å². The first kappa shape index (κ1) is 13.2. The smallest absolute Gasteiger partial charge is 0.411 e. The molecule has 0 saturated heterocycles. The molecule has 0 aliphatic carbocycles. The van der Waals surface area contributed by atoms with Gasteiger partial charge in [0.25, 0.3) is 0 Å². The van der Waals surface area contributed by atoms with Crippen LogP contribution in [0.25, 0.3) is 0 Å². The van der Waals surface area contributed by atoms with E-state index in [0.29, 0.717) is 18.0 Å². The molecule has 2 N–H and O–H groups in total. The number of aromatic hydroxyl groups is 1. The predicted octanol–water partition coefficient (Wildman–Crippen LogP) is 2.75. The minimum atomic E-state index is -0.552. The number of ether oxygens (including phenoxy) is 2. The maximum atomic E-state index is 11.3. The van der Waals surface area contributed by atoms with Crippen molar-refractivity contribution in [2.45, 2.75) is 26.9 Å². The Morgan fingerprint density at radius 2 is 2.18 bits per heavy atom. The van der Waals surface area contributed by atoms with Crippen molar-refractivity contribution in [2.75, 3.05) is 11.9 Å². The minimum Gasteiger partial charge on any atom is -0.504 e. The first-order valence-electron chi connectivity index (χ1n) is 5.46. The van der Waals surface area contributed by atoms with Crippen LogP contribution in [0.3, 0.4) is 0 Å². The molecule has 0 fully saturated rings. The Morgan fingerprint density at radius 3 is 2.71 bits per heavy atom. The van der Waals surface area contributed by atoms with Gasteiger partial charge in [0.15, 0.2) is 11.5 Å². The number of carbonyl (C=O) groups is 1. The molecule has 1 aromatic rings. The standard InChI is InChI=1S/C12H17NO4/c1-4-16-11-6-5-9(7-10(11)14)13-12(15)17-8(2)3/h5-8,14H,4H2,1-3H3,(H,13,15). The Morgan fingerprint density at radius 1 is 1.47 bits per heavy atom. The number of anilines is 1. The SMILES string of the molecule is CCOc1ccc(NC(=O)OC(C)C)cc1O. The molecule has 1 amide bonds. The average Bonchev–Trinajstić information content (AvgIpc) is 2.21. The van der Waals surface area contributed by atoms with Crippen LogP contribution < -0.4 is 10.1 Å². The van der Waals surface area contributed by atoms with Crippen molar-refractivity contribution in [3.8, 4) is 11.5 Å². The van der Waals surface area contributed by atoms with Crippen molar-refractivity contribution in [2.24, 2.45) is 0 Å². The fraction of sp³-hybridized carbons (Fsp3) is 0.417. The molecule has 5 nitrogen and oxygen atoms in total. The third-order valence-corrected chi connectivity index (χ3v) is 1.85. The van der Waals surface area contributed by atoms with E-state index in [4.69, 9.17) is 9.47 Å². The molecule has 0 saturated carbocycles. The Kier molecular flexibility index (Phi) is 4.63. The quantitative estimate of drug-likeness (QED) is 0.847. The molecule has 0 atom stereocenters. The summed E-state index contributed by atoms with van der Waals surface area (Å²) in [5.74, 6) is 0.365. The van der Waals surface area contributed by atoms with Crippen LogP contribution in [-0.2, 0) is 4.74 Å². The van der Waals surface area contributed by atoms with Gasteiger partial charge in [0, 0.05) is 11.8 Å². The van der Waals surface area contributed by atoms with Gasteiger partial charge in [-0.05, 0) is 32.9 Å². The van der Waals surface area contributed by atoms with Gasteiger partial charge in [-0.25, -0.2) is 4.79 Å². The molecule has 1 rings (SSSR count). The number of carbonyl (C=O) groups excluding carboxylic acids is 1. The summed E-state index contributed by atoms with van der Waals surface area (Å²) in [6.45, 7) is 5.81. The summed E-state index contributed by atoms with van der Waals surface area (Å²) in [5, 5.41) is 12.1. The second kappa shape index (κ2) is 5.98. The van der Waals surface area contributed by atoms with Crippen LogP contribution in [0.1, 0.15) is 20.8 Å². The summed E-state index contributed by atoms with van der Waals surface area (Å²) in [5.41, 5.74) is 0.455. The van der Waals surface area contributed by atoms with Crippen LogP contribution in [0, 0.1) is 0 Å². The lowest BCUT2D eigenvalue weighted by molar-refractivity contribution is 0.130. The zero-order chi connectivity index (χ0) is 12.8. The van der Waals surface area contributed by atoms with Crippen LogP contribution >= 0.6 is 0 Å². The molecular weight excluding hydrogens is 222 g/mol. The van der Waals surface area contributed by atoms with Gasteiger partial charge in [0.2, 0.25) is 0 Å². The van der Waals surface area contributed by atoms with E-state index in [2.05, 4.69) is 5.32 Å². The fourth-order valence-electron chi connectivity index (χ4n) is 1.23. The van der Waals surface area contributed by atoms with Crippen molar-refractivity contribution in [1.29, 1.82) is 0 Å². The van der Waals surface area contributed by atoms with Gasteiger partial charge in [-0.2, -0.15) is 0 Å². The van der Waals surface area contributed by atoms with Crippen molar-refractivity contribution in [3.05, 3.63) is 18.2 Å². The van der Waals surface area contributed by atoms with E-state index < -0.39 is 6.09 Å². The van der Waals surface area contributed by atoms with E-state index in [1.165, 1.54) is 6.07 Å². The number of hydrogen-bond acceptors (Lipinski definition) is 4. The summed E-state index contributed by atoms with van der Waals surface area (Å²) >= 11 is 0. The molecule has 0 unspecified atom stereocenters. The highest BCUT2D eigenvalue weighted by Gasteiger charge is 2.08. The molecule has 0 bridgehead atoms. The summed E-state index contributed by atoms with van der Waals surface area (Å²) < 4.78 is 10.1. The van der Waals surface area contributed by atoms with Gasteiger partial charge < -0.3 is 14.6 Å². The summed E-state index contributed by atoms with van der Waals surface area (Å²) in [6, 6.07) is 4.63. The van der Waals surface area contributed by atoms with Crippen molar-refractivity contribution in [3.63, 3.8) is 0 Å². The highest BCUT2D eigenvalue weighted by atomic mass is 16.6. The first-order chi connectivity index (χ1) is 8.02. The number of hydrogen-bond donors (Lipinski definition) is 2. The lowest BCUT2D eigenvalue weighted by Gasteiger charge is -2.11. The second-order valence-corrected chi connectivity index (χ2v) is 3.69. The number of phenolic OH excluding ortho intramolecular Hbond substituents is 1. The van der Waals surface area contributed by atoms with Gasteiger partial charge >= 0.3 is 6.09 Å². The van der Waals surface area contributed by atoms with E-state index in [9.17, 15) is 9.90 Å². The van der Waals surface area contributed by atoms with Crippen molar-refractivity contribution >= 4 is 11.8 Å². The summed E-state index contributed by atoms with van der Waals surface area (Å²) in [6.07, 6.45) is -0.741. The topological polar surface area (TPSA) is 67.8 Å². The maximum absolute atomic E-state index is 11.3. The molecule has 5 heteroatoms. The molecular formula is C12H17NO4. The Labute approximate surface area is 100 Å². The van der Waals surface area contributed by atoms with Crippen LogP contribution in [0.2, 0.25) is 0 Å². The van der Waals surface area contributed by atoms with Crippen molar-refractivity contribution < 1.29 is 19.4 Å². The van der Waals surface area contributed by atoms with E-state index >= 15 is 0 Å². The number of benzene rings is 1. The summed E-state index contributed by atoms with van der Waals surface area (Å²) in [4.78, 5) is 11.3. The monoisotopic (exact) mass is 239 g/mol. The van der Waals surface area contributed by atoms with Crippen LogP contribution in [0.5, 0.6) is 11.5 Å². The van der Waals surface area contributed by atoms with Crippen molar-refractivity contribution in [1.82, 2.24) is 0 Å². The van der Waals surface area contributed by atoms with E-state index in [-0.39, 0.29) is 11.9 Å². The molecule has 94 valence electrons. The number of rotatable bonds is 4. The van der Waals surface area contributed by atoms with E-state index in [0.717, 1.165) is 0 Å². The van der Waals surface area contributed by atoms with Crippen LogP contribution in [0.4, 0.5) is 10.5 Å². The zero-order valence-electron chi connectivity index (χ0n) is 10.2. The third-order valence-electron chi connectivity index (χ3n) is 1.85. The highest BCUT2D eigenvalue weighted by molar-refractivity contribution is 5.85. The molecule has 1 aromatic carbocycles. The molecule has 0 aromatic heterocycles. The van der Waals surface area contributed by atoms with E-state index in [1.807, 2.05) is 6.92 Å². The Balaban J connectivity index is 2.67. The molecule has 0 heterocycles. The predicted molar refractivity (Wildman–Crippen MR) is 64.5 cm³/mol. The highest BCUT2D eigenvalue weighted by Crippen LogP contribution is 2.28. The number of amides is 1. The largest absolute Gasteiger partial charge is 0.504 e. The lowest BCUT2D eigenvalue weighted by Crippen LogP contribution is -2.17. The number of phenols is 1. The third kappa shape index (κ3) is 4.22. The average molecular weight is 239 g/mol. The van der Waals surface area contributed by atoms with Crippen LogP contribution in [-0.4, -0.2) is 23.9 Å². The van der Waals surface area contributed by atoms with Gasteiger partial charge in [-0.15, -0.1) is 0 Å². The van der Waals surface area contributed by atoms with Crippen LogP contribution in [0.15, 0.2) is 18.2 Å². The second-order valence-electron chi connectivity index (χ2n) is 3.69.